The van der Waals surface area contributed by atoms with Crippen LogP contribution in [0.15, 0.2) is 18.3 Å². The first kappa shape index (κ1) is 13.4. The lowest BCUT2D eigenvalue weighted by Crippen LogP contribution is -2.34. The molecule has 20 heavy (non-hydrogen) atoms. The zero-order valence-electron chi connectivity index (χ0n) is 11.0. The van der Waals surface area contributed by atoms with Gasteiger partial charge >= 0.3 is 6.18 Å². The fourth-order valence-corrected chi connectivity index (χ4v) is 2.68. The third-order valence-corrected chi connectivity index (χ3v) is 3.80. The van der Waals surface area contributed by atoms with E-state index in [9.17, 15) is 13.2 Å². The van der Waals surface area contributed by atoms with Gasteiger partial charge in [-0.1, -0.05) is 6.92 Å². The predicted octanol–water partition coefficient (Wildman–Crippen LogP) is 2.81. The first-order valence-corrected chi connectivity index (χ1v) is 6.62. The highest BCUT2D eigenvalue weighted by molar-refractivity contribution is 5.40. The molecule has 1 aliphatic rings. The summed E-state index contributed by atoms with van der Waals surface area (Å²) in [6.45, 7) is 2.92. The first-order chi connectivity index (χ1) is 9.47. The number of aromatic nitrogens is 3. The Morgan fingerprint density at radius 1 is 1.30 bits per heavy atom. The second-order valence-electron chi connectivity index (χ2n) is 5.25. The van der Waals surface area contributed by atoms with Crippen LogP contribution in [-0.4, -0.2) is 21.1 Å². The molecule has 2 aromatic rings. The van der Waals surface area contributed by atoms with E-state index in [1.807, 2.05) is 0 Å². The van der Waals surface area contributed by atoms with Crippen LogP contribution in [0.25, 0.3) is 5.65 Å². The van der Waals surface area contributed by atoms with E-state index in [1.54, 1.807) is 0 Å². The molecule has 0 radical (unpaired) electrons. The van der Waals surface area contributed by atoms with Gasteiger partial charge in [0.2, 0.25) is 0 Å². The Labute approximate surface area is 114 Å². The summed E-state index contributed by atoms with van der Waals surface area (Å²) in [6, 6.07) is 2.33. The third-order valence-electron chi connectivity index (χ3n) is 3.80. The molecular formula is C13H15F3N4. The molecule has 0 bridgehead atoms. The fourth-order valence-electron chi connectivity index (χ4n) is 2.68. The number of alkyl halides is 3. The van der Waals surface area contributed by atoms with Crippen LogP contribution in [0.5, 0.6) is 0 Å². The molecule has 108 valence electrons. The van der Waals surface area contributed by atoms with Gasteiger partial charge in [-0.05, 0) is 37.4 Å². The predicted molar refractivity (Wildman–Crippen MR) is 67.1 cm³/mol. The summed E-state index contributed by atoms with van der Waals surface area (Å²) >= 11 is 0. The molecule has 0 spiro atoms. The van der Waals surface area contributed by atoms with Crippen molar-refractivity contribution in [1.29, 1.82) is 0 Å². The molecule has 1 fully saturated rings. The number of hydrogen-bond donors (Lipinski definition) is 1. The van der Waals surface area contributed by atoms with Crippen LogP contribution in [0.2, 0.25) is 0 Å². The van der Waals surface area contributed by atoms with Crippen LogP contribution in [0.1, 0.15) is 37.2 Å². The highest BCUT2D eigenvalue weighted by Crippen LogP contribution is 2.31. The Kier molecular flexibility index (Phi) is 3.16. The molecule has 0 saturated carbocycles. The van der Waals surface area contributed by atoms with Crippen LogP contribution in [0, 0.1) is 5.92 Å². The second kappa shape index (κ2) is 4.73. The number of rotatable bonds is 1. The van der Waals surface area contributed by atoms with E-state index in [0.29, 0.717) is 17.4 Å². The number of nitrogens with zero attached hydrogens (tertiary/aromatic N) is 3. The lowest BCUT2D eigenvalue weighted by molar-refractivity contribution is -0.137. The average molecular weight is 284 g/mol. The van der Waals surface area contributed by atoms with Gasteiger partial charge in [-0.3, -0.25) is 4.40 Å². The second-order valence-corrected chi connectivity index (χ2v) is 5.25. The smallest absolute Gasteiger partial charge is 0.307 e. The maximum Gasteiger partial charge on any atom is 0.417 e. The van der Waals surface area contributed by atoms with Gasteiger partial charge in [0.1, 0.15) is 0 Å². The van der Waals surface area contributed by atoms with Gasteiger partial charge < -0.3 is 5.32 Å². The molecule has 1 saturated heterocycles. The summed E-state index contributed by atoms with van der Waals surface area (Å²) < 4.78 is 39.9. The van der Waals surface area contributed by atoms with E-state index in [-0.39, 0.29) is 6.04 Å². The number of piperidine rings is 1. The Bertz CT molecular complexity index is 620. The van der Waals surface area contributed by atoms with Gasteiger partial charge in [0.15, 0.2) is 11.5 Å². The van der Waals surface area contributed by atoms with Gasteiger partial charge in [0, 0.05) is 6.20 Å². The summed E-state index contributed by atoms with van der Waals surface area (Å²) in [4.78, 5) is 0. The summed E-state index contributed by atoms with van der Waals surface area (Å²) in [5, 5.41) is 11.3. The van der Waals surface area contributed by atoms with Crippen molar-refractivity contribution in [3.63, 3.8) is 0 Å². The normalized spacial score (nSPS) is 24.2. The van der Waals surface area contributed by atoms with Crippen LogP contribution in [-0.2, 0) is 6.18 Å². The molecule has 0 aliphatic carbocycles. The number of pyridine rings is 1. The first-order valence-electron chi connectivity index (χ1n) is 6.62. The minimum Gasteiger partial charge on any atom is -0.307 e. The van der Waals surface area contributed by atoms with E-state index in [2.05, 4.69) is 22.4 Å². The maximum absolute atomic E-state index is 12.8. The number of nitrogens with one attached hydrogen (secondary N) is 1. The molecule has 1 aliphatic heterocycles. The number of halogens is 3. The summed E-state index contributed by atoms with van der Waals surface area (Å²) in [5.74, 6) is 0.879. The topological polar surface area (TPSA) is 42.2 Å². The molecule has 2 aromatic heterocycles. The van der Waals surface area contributed by atoms with Gasteiger partial charge in [-0.15, -0.1) is 10.2 Å². The average Bonchev–Trinajstić information content (AvgIpc) is 2.81. The lowest BCUT2D eigenvalue weighted by Gasteiger charge is -2.28. The molecule has 0 aromatic carbocycles. The maximum atomic E-state index is 12.8. The Morgan fingerprint density at radius 2 is 2.10 bits per heavy atom. The van der Waals surface area contributed by atoms with E-state index in [0.717, 1.165) is 31.6 Å². The van der Waals surface area contributed by atoms with Gasteiger partial charge in [-0.2, -0.15) is 13.2 Å². The molecule has 7 heteroatoms. The van der Waals surface area contributed by atoms with Gasteiger partial charge in [0.05, 0.1) is 11.6 Å². The standard InChI is InChI=1S/C13H15F3N4/c1-8-3-2-6-17-11(8)12-19-18-10-5-4-9(7-20(10)12)13(14,15)16/h4-5,7-8,11,17H,2-3,6H2,1H3. The fraction of sp³-hybridized carbons (Fsp3) is 0.538. The molecule has 1 N–H and O–H groups in total. The van der Waals surface area contributed by atoms with Crippen molar-refractivity contribution in [3.05, 3.63) is 29.7 Å². The van der Waals surface area contributed by atoms with Gasteiger partial charge in [0.25, 0.3) is 0 Å². The Hall–Kier alpha value is -1.63. The van der Waals surface area contributed by atoms with Crippen molar-refractivity contribution in [3.8, 4) is 0 Å². The van der Waals surface area contributed by atoms with Crippen molar-refractivity contribution in [1.82, 2.24) is 19.9 Å². The molecule has 2 unspecified atom stereocenters. The van der Waals surface area contributed by atoms with E-state index >= 15 is 0 Å². The SMILES string of the molecule is CC1CCCNC1c1nnc2ccc(C(F)(F)F)cn12. The van der Waals surface area contributed by atoms with E-state index in [4.69, 9.17) is 0 Å². The Balaban J connectivity index is 2.07. The summed E-state index contributed by atoms with van der Waals surface area (Å²) in [6.07, 6.45) is -1.18. The molecule has 4 nitrogen and oxygen atoms in total. The summed E-state index contributed by atoms with van der Waals surface area (Å²) in [5.41, 5.74) is -0.248. The largest absolute Gasteiger partial charge is 0.417 e. The van der Waals surface area contributed by atoms with Crippen molar-refractivity contribution >= 4 is 5.65 Å². The lowest BCUT2D eigenvalue weighted by atomic mass is 9.92. The number of hydrogen-bond acceptors (Lipinski definition) is 3. The van der Waals surface area contributed by atoms with Crippen LogP contribution < -0.4 is 5.32 Å². The molecule has 3 heterocycles. The number of fused-ring (bicyclic) bond motifs is 1. The minimum absolute atomic E-state index is 0.0535. The van der Waals surface area contributed by atoms with Crippen molar-refractivity contribution in [2.45, 2.75) is 32.0 Å². The van der Waals surface area contributed by atoms with Gasteiger partial charge in [-0.25, -0.2) is 0 Å². The monoisotopic (exact) mass is 284 g/mol. The van der Waals surface area contributed by atoms with Crippen LogP contribution >= 0.6 is 0 Å². The van der Waals surface area contributed by atoms with E-state index < -0.39 is 11.7 Å². The van der Waals surface area contributed by atoms with Crippen molar-refractivity contribution in [2.75, 3.05) is 6.54 Å². The highest BCUT2D eigenvalue weighted by Gasteiger charge is 2.32. The quantitative estimate of drug-likeness (QED) is 0.875. The van der Waals surface area contributed by atoms with Crippen molar-refractivity contribution in [2.24, 2.45) is 5.92 Å². The van der Waals surface area contributed by atoms with Crippen LogP contribution in [0.4, 0.5) is 13.2 Å². The molecule has 2 atom stereocenters. The molecular weight excluding hydrogens is 269 g/mol. The Morgan fingerprint density at radius 3 is 2.80 bits per heavy atom. The highest BCUT2D eigenvalue weighted by atomic mass is 19.4. The minimum atomic E-state index is -4.36. The molecule has 3 rings (SSSR count). The summed E-state index contributed by atoms with van der Waals surface area (Å²) in [7, 11) is 0. The van der Waals surface area contributed by atoms with Crippen molar-refractivity contribution < 1.29 is 13.2 Å². The zero-order valence-corrected chi connectivity index (χ0v) is 11.0. The third kappa shape index (κ3) is 2.26. The molecule has 0 amide bonds. The van der Waals surface area contributed by atoms with Crippen LogP contribution in [0.3, 0.4) is 0 Å². The zero-order chi connectivity index (χ0) is 14.3. The van der Waals surface area contributed by atoms with E-state index in [1.165, 1.54) is 10.5 Å².